The first kappa shape index (κ1) is 7.82. The fraction of sp³-hybridized carbons (Fsp3) is 1.00. The summed E-state index contributed by atoms with van der Waals surface area (Å²) in [6.45, 7) is 0.516. The van der Waals surface area contributed by atoms with Crippen molar-refractivity contribution < 1.29 is 13.5 Å². The van der Waals surface area contributed by atoms with E-state index in [1.54, 1.807) is 0 Å². The lowest BCUT2D eigenvalue weighted by Crippen LogP contribution is -2.23. The summed E-state index contributed by atoms with van der Waals surface area (Å²) in [5.41, 5.74) is 0. The molecule has 0 fully saturated rings. The van der Waals surface area contributed by atoms with E-state index in [0.29, 0.717) is 0 Å². The van der Waals surface area contributed by atoms with E-state index in [-0.39, 0.29) is 0 Å². The maximum atomic E-state index is 12.0. The van der Waals surface area contributed by atoms with Crippen molar-refractivity contribution in [2.75, 3.05) is 13.8 Å². The molecule has 0 aliphatic heterocycles. The summed E-state index contributed by atoms with van der Waals surface area (Å²) >= 11 is 0. The Balaban J connectivity index is 3.35. The summed E-state index contributed by atoms with van der Waals surface area (Å²) in [7, 11) is 1.29. The summed E-state index contributed by atoms with van der Waals surface area (Å²) in [5.74, 6) is 0. The van der Waals surface area contributed by atoms with E-state index in [1.165, 1.54) is 14.0 Å². The van der Waals surface area contributed by atoms with Gasteiger partial charge in [-0.05, 0) is 6.92 Å². The highest BCUT2D eigenvalue weighted by atomic mass is 19.1. The maximum absolute atomic E-state index is 12.0. The Labute approximate surface area is 47.6 Å². The average molecular weight is 124 g/mol. The van der Waals surface area contributed by atoms with Crippen LogP contribution in [0.5, 0.6) is 0 Å². The van der Waals surface area contributed by atoms with Crippen LogP contribution in [0.25, 0.3) is 0 Å². The van der Waals surface area contributed by atoms with Gasteiger partial charge in [0.05, 0.1) is 0 Å². The van der Waals surface area contributed by atoms with E-state index >= 15 is 0 Å². The molecule has 0 rings (SSSR count). The summed E-state index contributed by atoms with van der Waals surface area (Å²) in [6, 6.07) is 0. The molecule has 0 aliphatic rings. The fourth-order valence-corrected chi connectivity index (χ4v) is 0.373. The zero-order chi connectivity index (χ0) is 6.57. The minimum atomic E-state index is -1.22. The Hall–Kier alpha value is -0.180. The molecule has 0 saturated heterocycles. The second-order valence-electron chi connectivity index (χ2n) is 1.61. The van der Waals surface area contributed by atoms with Crippen molar-refractivity contribution in [3.8, 4) is 0 Å². The molecule has 0 spiro atoms. The van der Waals surface area contributed by atoms with E-state index in [4.69, 9.17) is 0 Å². The van der Waals surface area contributed by atoms with Gasteiger partial charge in [-0.2, -0.15) is 0 Å². The normalized spacial score (nSPS) is 18.0. The minimum absolute atomic E-state index is 0.756. The van der Waals surface area contributed by atoms with Crippen LogP contribution < -0.4 is 0 Å². The van der Waals surface area contributed by atoms with E-state index in [2.05, 4.69) is 4.74 Å². The zero-order valence-corrected chi connectivity index (χ0v) is 5.03. The van der Waals surface area contributed by atoms with Gasteiger partial charge >= 0.3 is 0 Å². The monoisotopic (exact) mass is 124 g/mol. The van der Waals surface area contributed by atoms with E-state index in [0.717, 1.165) is 0 Å². The minimum Gasteiger partial charge on any atom is -0.376 e. The van der Waals surface area contributed by atoms with Crippen LogP contribution in [-0.4, -0.2) is 26.1 Å². The third-order valence-corrected chi connectivity index (χ3v) is 0.967. The van der Waals surface area contributed by atoms with Crippen molar-refractivity contribution in [3.05, 3.63) is 0 Å². The van der Waals surface area contributed by atoms with Crippen LogP contribution in [0.15, 0.2) is 0 Å². The molecule has 1 nitrogen and oxygen atoms in total. The molecule has 0 saturated carbocycles. The van der Waals surface area contributed by atoms with Gasteiger partial charge in [-0.3, -0.25) is 0 Å². The molecule has 50 valence electrons. The highest BCUT2D eigenvalue weighted by molar-refractivity contribution is 4.61. The summed E-state index contributed by atoms with van der Waals surface area (Å²) in [4.78, 5) is 0. The number of alkyl halides is 2. The standard InChI is InChI=1S/C5H10F2O/c1-4(7)5(3-6)8-2/h4-5H,3H2,1-2H3/t4?,5-/m0/s1. The number of rotatable bonds is 3. The molecule has 1 unspecified atom stereocenters. The SMILES string of the molecule is CO[C@@H](CF)C(C)F. The Kier molecular flexibility index (Phi) is 3.69. The molecule has 2 atom stereocenters. The van der Waals surface area contributed by atoms with Crippen molar-refractivity contribution in [1.29, 1.82) is 0 Å². The number of hydrogen-bond acceptors (Lipinski definition) is 1. The van der Waals surface area contributed by atoms with Crippen molar-refractivity contribution in [3.63, 3.8) is 0 Å². The van der Waals surface area contributed by atoms with Crippen LogP contribution in [0.3, 0.4) is 0 Å². The molecule has 0 aliphatic carbocycles. The number of methoxy groups -OCH3 is 1. The van der Waals surface area contributed by atoms with Gasteiger partial charge in [-0.15, -0.1) is 0 Å². The number of ether oxygens (including phenoxy) is 1. The molecule has 8 heavy (non-hydrogen) atoms. The fourth-order valence-electron chi connectivity index (χ4n) is 0.373. The van der Waals surface area contributed by atoms with Crippen LogP contribution in [0.4, 0.5) is 8.78 Å². The van der Waals surface area contributed by atoms with Gasteiger partial charge in [0.2, 0.25) is 0 Å². The summed E-state index contributed by atoms with van der Waals surface area (Å²) in [5, 5.41) is 0. The van der Waals surface area contributed by atoms with Crippen LogP contribution in [-0.2, 0) is 4.74 Å². The van der Waals surface area contributed by atoms with Crippen LogP contribution in [0.1, 0.15) is 6.92 Å². The van der Waals surface area contributed by atoms with E-state index in [9.17, 15) is 8.78 Å². The van der Waals surface area contributed by atoms with Gasteiger partial charge < -0.3 is 4.74 Å². The zero-order valence-electron chi connectivity index (χ0n) is 5.03. The van der Waals surface area contributed by atoms with Crippen molar-refractivity contribution in [2.45, 2.75) is 19.2 Å². The van der Waals surface area contributed by atoms with Gasteiger partial charge in [0.15, 0.2) is 0 Å². The molecule has 0 amide bonds. The van der Waals surface area contributed by atoms with Crippen molar-refractivity contribution in [1.82, 2.24) is 0 Å². The molecule has 0 aromatic carbocycles. The predicted octanol–water partition coefficient (Wildman–Crippen LogP) is 1.33. The summed E-state index contributed by atoms with van der Waals surface area (Å²) < 4.78 is 28.0. The van der Waals surface area contributed by atoms with Crippen LogP contribution in [0.2, 0.25) is 0 Å². The topological polar surface area (TPSA) is 9.23 Å². The smallest absolute Gasteiger partial charge is 0.126 e. The number of hydrogen-bond donors (Lipinski definition) is 0. The second kappa shape index (κ2) is 3.78. The molecule has 0 aromatic heterocycles. The third-order valence-electron chi connectivity index (χ3n) is 0.967. The first-order valence-corrected chi connectivity index (χ1v) is 2.45. The lowest BCUT2D eigenvalue weighted by atomic mass is 10.3. The molecule has 0 bridgehead atoms. The third kappa shape index (κ3) is 2.21. The first-order chi connectivity index (χ1) is 3.72. The Bertz CT molecular complexity index is 52.4. The van der Waals surface area contributed by atoms with Gasteiger partial charge in [0, 0.05) is 7.11 Å². The van der Waals surface area contributed by atoms with E-state index in [1.807, 2.05) is 0 Å². The van der Waals surface area contributed by atoms with Crippen LogP contribution in [0, 0.1) is 0 Å². The van der Waals surface area contributed by atoms with Gasteiger partial charge in [0.1, 0.15) is 19.0 Å². The lowest BCUT2D eigenvalue weighted by Gasteiger charge is -2.10. The lowest BCUT2D eigenvalue weighted by molar-refractivity contribution is 0.0227. The maximum Gasteiger partial charge on any atom is 0.126 e. The average Bonchev–Trinajstić information content (AvgIpc) is 1.69. The molecule has 0 radical (unpaired) electrons. The Morgan fingerprint density at radius 3 is 2.12 bits per heavy atom. The largest absolute Gasteiger partial charge is 0.376 e. The van der Waals surface area contributed by atoms with Gasteiger partial charge in [-0.25, -0.2) is 8.78 Å². The van der Waals surface area contributed by atoms with E-state index < -0.39 is 19.0 Å². The quantitative estimate of drug-likeness (QED) is 0.551. The highest BCUT2D eigenvalue weighted by Crippen LogP contribution is 2.01. The van der Waals surface area contributed by atoms with Gasteiger partial charge in [-0.1, -0.05) is 0 Å². The highest BCUT2D eigenvalue weighted by Gasteiger charge is 2.13. The molecule has 0 N–H and O–H groups in total. The van der Waals surface area contributed by atoms with Crippen LogP contribution >= 0.6 is 0 Å². The Morgan fingerprint density at radius 2 is 2.12 bits per heavy atom. The first-order valence-electron chi connectivity index (χ1n) is 2.45. The number of halogens is 2. The molecule has 3 heteroatoms. The van der Waals surface area contributed by atoms with Crippen molar-refractivity contribution in [2.24, 2.45) is 0 Å². The molecular formula is C5H10F2O. The van der Waals surface area contributed by atoms with Crippen molar-refractivity contribution >= 4 is 0 Å². The Morgan fingerprint density at radius 1 is 1.62 bits per heavy atom. The molecule has 0 heterocycles. The second-order valence-corrected chi connectivity index (χ2v) is 1.61. The summed E-state index contributed by atoms with van der Waals surface area (Å²) in [6.07, 6.45) is -2.10. The molecule has 0 aromatic rings. The van der Waals surface area contributed by atoms with Gasteiger partial charge in [0.25, 0.3) is 0 Å². The molecular weight excluding hydrogens is 114 g/mol. The predicted molar refractivity (Wildman–Crippen MR) is 27.3 cm³/mol.